The molecule has 0 amide bonds. The first-order chi connectivity index (χ1) is 30.5. The Morgan fingerprint density at radius 2 is 0.855 bits per heavy atom. The molecule has 62 heavy (non-hydrogen) atoms. The molecule has 1 aromatic heterocycles. The molecule has 294 valence electrons. The van der Waals surface area contributed by atoms with E-state index in [0.717, 1.165) is 34.1 Å². The normalized spacial score (nSPS) is 12.8. The van der Waals surface area contributed by atoms with Gasteiger partial charge in [-0.1, -0.05) is 135 Å². The van der Waals surface area contributed by atoms with E-state index in [-0.39, 0.29) is 5.41 Å². The van der Waals surface area contributed by atoms with E-state index in [0.29, 0.717) is 0 Å². The van der Waals surface area contributed by atoms with Crippen LogP contribution in [0.3, 0.4) is 0 Å². The van der Waals surface area contributed by atoms with Crippen LogP contribution in [0, 0.1) is 0 Å². The van der Waals surface area contributed by atoms with Gasteiger partial charge in [-0.15, -0.1) is 0 Å². The predicted molar refractivity (Wildman–Crippen MR) is 262 cm³/mol. The van der Waals surface area contributed by atoms with Crippen LogP contribution in [-0.4, -0.2) is 4.57 Å². The summed E-state index contributed by atoms with van der Waals surface area (Å²) < 4.78 is 2.43. The Kier molecular flexibility index (Phi) is 8.20. The summed E-state index contributed by atoms with van der Waals surface area (Å²) in [5.74, 6) is 0. The van der Waals surface area contributed by atoms with Crippen molar-refractivity contribution in [3.8, 4) is 27.9 Å². The third-order valence-electron chi connectivity index (χ3n) is 13.1. The Hall–Kier alpha value is -7.88. The van der Waals surface area contributed by atoms with Crippen LogP contribution < -0.4 is 9.80 Å². The van der Waals surface area contributed by atoms with E-state index in [1.807, 2.05) is 0 Å². The summed E-state index contributed by atoms with van der Waals surface area (Å²) >= 11 is 0. The lowest BCUT2D eigenvalue weighted by Gasteiger charge is -2.29. The standard InChI is InChI=1S/C59H43N3/c1-59(2)53-23-13-12-22-51(53)52-36-35-50(39-54(52)59)61(49-33-31-48(32-34-49)60(44-16-6-3-7-17-44)45-18-8-4-9-19-45)47-29-27-40(28-30-47)43-37-42-26-25-41-15-14-24-55-57(41)58(42)56(38-43)62(55)46-20-10-5-11-21-46/h3-39H,1-2H3. The topological polar surface area (TPSA) is 11.4 Å². The number of hydrogen-bond donors (Lipinski definition) is 0. The fraction of sp³-hybridized carbons (Fsp3) is 0.0508. The molecule has 0 saturated carbocycles. The molecule has 11 aromatic rings. The lowest BCUT2D eigenvalue weighted by atomic mass is 9.82. The minimum absolute atomic E-state index is 0.121. The van der Waals surface area contributed by atoms with Gasteiger partial charge in [-0.25, -0.2) is 0 Å². The van der Waals surface area contributed by atoms with Crippen molar-refractivity contribution in [1.29, 1.82) is 0 Å². The van der Waals surface area contributed by atoms with Gasteiger partial charge in [0.2, 0.25) is 0 Å². The smallest absolute Gasteiger partial charge is 0.0553 e. The Bertz CT molecular complexity index is 3360. The Labute approximate surface area is 362 Å². The molecule has 0 spiro atoms. The molecule has 0 atom stereocenters. The highest BCUT2D eigenvalue weighted by atomic mass is 15.2. The summed E-state index contributed by atoms with van der Waals surface area (Å²) in [5.41, 5.74) is 17.9. The number of rotatable bonds is 8. The molecule has 0 bridgehead atoms. The second kappa shape index (κ2) is 14.1. The van der Waals surface area contributed by atoms with Crippen molar-refractivity contribution in [2.75, 3.05) is 9.80 Å². The van der Waals surface area contributed by atoms with Crippen LogP contribution in [0.2, 0.25) is 0 Å². The summed E-state index contributed by atoms with van der Waals surface area (Å²) in [7, 11) is 0. The number of benzene rings is 10. The number of para-hydroxylation sites is 3. The molecule has 0 unspecified atom stereocenters. The lowest BCUT2D eigenvalue weighted by Crippen LogP contribution is -2.16. The molecular weight excluding hydrogens is 751 g/mol. The van der Waals surface area contributed by atoms with Crippen molar-refractivity contribution in [2.45, 2.75) is 19.3 Å². The van der Waals surface area contributed by atoms with Gasteiger partial charge < -0.3 is 14.4 Å². The van der Waals surface area contributed by atoms with Crippen LogP contribution in [-0.2, 0) is 5.41 Å². The first-order valence-corrected chi connectivity index (χ1v) is 21.5. The van der Waals surface area contributed by atoms with Gasteiger partial charge in [-0.2, -0.15) is 0 Å². The van der Waals surface area contributed by atoms with E-state index < -0.39 is 0 Å². The average Bonchev–Trinajstić information content (AvgIpc) is 3.79. The van der Waals surface area contributed by atoms with E-state index >= 15 is 0 Å². The van der Waals surface area contributed by atoms with Crippen molar-refractivity contribution in [3.63, 3.8) is 0 Å². The highest BCUT2D eigenvalue weighted by Gasteiger charge is 2.35. The van der Waals surface area contributed by atoms with E-state index in [9.17, 15) is 0 Å². The van der Waals surface area contributed by atoms with Crippen LogP contribution in [0.25, 0.3) is 60.5 Å². The van der Waals surface area contributed by atoms with Gasteiger partial charge >= 0.3 is 0 Å². The average molecular weight is 794 g/mol. The number of fused-ring (bicyclic) bond motifs is 3. The second-order valence-electron chi connectivity index (χ2n) is 17.0. The fourth-order valence-electron chi connectivity index (χ4n) is 10.1. The van der Waals surface area contributed by atoms with Gasteiger partial charge in [0.05, 0.1) is 11.0 Å². The minimum Gasteiger partial charge on any atom is -0.311 e. The van der Waals surface area contributed by atoms with Crippen LogP contribution in [0.1, 0.15) is 25.0 Å². The van der Waals surface area contributed by atoms with Crippen LogP contribution in [0.4, 0.5) is 34.1 Å². The summed E-state index contributed by atoms with van der Waals surface area (Å²) in [4.78, 5) is 4.72. The summed E-state index contributed by atoms with van der Waals surface area (Å²) in [6.45, 7) is 4.71. The number of anilines is 6. The van der Waals surface area contributed by atoms with Crippen molar-refractivity contribution >= 4 is 66.7 Å². The van der Waals surface area contributed by atoms with Gasteiger partial charge in [0.1, 0.15) is 0 Å². The van der Waals surface area contributed by atoms with E-state index in [1.165, 1.54) is 71.6 Å². The maximum absolute atomic E-state index is 2.43. The van der Waals surface area contributed by atoms with Crippen molar-refractivity contribution in [2.24, 2.45) is 0 Å². The van der Waals surface area contributed by atoms with Crippen molar-refractivity contribution < 1.29 is 0 Å². The van der Waals surface area contributed by atoms with E-state index in [4.69, 9.17) is 0 Å². The summed E-state index contributed by atoms with van der Waals surface area (Å²) in [6, 6.07) is 82.0. The quantitative estimate of drug-likeness (QED) is 0.142. The molecule has 0 N–H and O–H groups in total. The largest absolute Gasteiger partial charge is 0.311 e. The van der Waals surface area contributed by atoms with Crippen molar-refractivity contribution in [1.82, 2.24) is 4.57 Å². The third kappa shape index (κ3) is 5.66. The highest BCUT2D eigenvalue weighted by Crippen LogP contribution is 2.51. The number of nitrogens with zero attached hydrogens (tertiary/aromatic N) is 3. The minimum atomic E-state index is -0.121. The molecule has 1 heterocycles. The zero-order valence-corrected chi connectivity index (χ0v) is 34.7. The molecule has 3 nitrogen and oxygen atoms in total. The summed E-state index contributed by atoms with van der Waals surface area (Å²) in [5, 5.41) is 5.16. The maximum atomic E-state index is 2.43. The molecule has 1 aliphatic carbocycles. The zero-order valence-electron chi connectivity index (χ0n) is 34.7. The van der Waals surface area contributed by atoms with Gasteiger partial charge in [0.25, 0.3) is 0 Å². The first-order valence-electron chi connectivity index (χ1n) is 21.5. The zero-order chi connectivity index (χ0) is 41.4. The number of aromatic nitrogens is 1. The third-order valence-corrected chi connectivity index (χ3v) is 13.1. The van der Waals surface area contributed by atoms with Crippen molar-refractivity contribution in [3.05, 3.63) is 236 Å². The lowest BCUT2D eigenvalue weighted by molar-refractivity contribution is 0.660. The monoisotopic (exact) mass is 793 g/mol. The number of hydrogen-bond acceptors (Lipinski definition) is 2. The van der Waals surface area contributed by atoms with Gasteiger partial charge in [0, 0.05) is 56.0 Å². The Balaban J connectivity index is 0.986. The van der Waals surface area contributed by atoms with Gasteiger partial charge in [-0.05, 0) is 147 Å². The highest BCUT2D eigenvalue weighted by molar-refractivity contribution is 6.25. The van der Waals surface area contributed by atoms with Gasteiger partial charge in [-0.3, -0.25) is 0 Å². The maximum Gasteiger partial charge on any atom is 0.0553 e. The molecule has 0 radical (unpaired) electrons. The first kappa shape index (κ1) is 36.0. The van der Waals surface area contributed by atoms with Crippen LogP contribution in [0.15, 0.2) is 224 Å². The van der Waals surface area contributed by atoms with Crippen LogP contribution >= 0.6 is 0 Å². The van der Waals surface area contributed by atoms with E-state index in [2.05, 4.69) is 253 Å². The molecule has 0 aliphatic heterocycles. The molecule has 3 heteroatoms. The predicted octanol–water partition coefficient (Wildman–Crippen LogP) is 16.3. The molecular formula is C59H43N3. The van der Waals surface area contributed by atoms with Gasteiger partial charge in [0.15, 0.2) is 0 Å². The summed E-state index contributed by atoms with van der Waals surface area (Å²) in [6.07, 6.45) is 0. The van der Waals surface area contributed by atoms with E-state index in [1.54, 1.807) is 0 Å². The SMILES string of the molecule is CC1(C)c2ccccc2-c2ccc(N(c3ccc(-c4cc5ccc6cccc7c6c5c(c4)n7-c4ccccc4)cc3)c3ccc(N(c4ccccc4)c4ccccc4)cc3)cc21. The molecule has 0 saturated heterocycles. The molecule has 1 aliphatic rings. The second-order valence-corrected chi connectivity index (χ2v) is 17.0. The molecule has 12 rings (SSSR count). The molecule has 0 fully saturated rings. The molecule has 10 aromatic carbocycles. The Morgan fingerprint density at radius 1 is 0.339 bits per heavy atom. The fourth-order valence-corrected chi connectivity index (χ4v) is 10.1. The van der Waals surface area contributed by atoms with Crippen LogP contribution in [0.5, 0.6) is 0 Å². The Morgan fingerprint density at radius 3 is 1.53 bits per heavy atom.